The minimum Gasteiger partial charge on any atom is -0.341 e. The van der Waals surface area contributed by atoms with E-state index in [1.165, 1.54) is 12.1 Å². The van der Waals surface area contributed by atoms with Crippen molar-refractivity contribution in [2.75, 3.05) is 32.7 Å². The van der Waals surface area contributed by atoms with Gasteiger partial charge in [0.05, 0.1) is 6.42 Å². The standard InChI is InChI=1S/C16H23FN2O/c1-2-8-18-9-3-10-19(12-11-18)16(20)13-14-4-6-15(17)7-5-14/h4-7H,2-3,8-13H2,1H3. The van der Waals surface area contributed by atoms with E-state index in [4.69, 9.17) is 0 Å². The van der Waals surface area contributed by atoms with Gasteiger partial charge in [0.1, 0.15) is 5.82 Å². The minimum absolute atomic E-state index is 0.148. The summed E-state index contributed by atoms with van der Waals surface area (Å²) in [4.78, 5) is 16.6. The Kier molecular flexibility index (Phi) is 5.53. The zero-order valence-electron chi connectivity index (χ0n) is 12.1. The molecule has 1 heterocycles. The van der Waals surface area contributed by atoms with E-state index < -0.39 is 0 Å². The normalized spacial score (nSPS) is 17.0. The number of amides is 1. The molecular weight excluding hydrogens is 255 g/mol. The lowest BCUT2D eigenvalue weighted by molar-refractivity contribution is -0.130. The van der Waals surface area contributed by atoms with Gasteiger partial charge in [-0.05, 0) is 43.6 Å². The zero-order chi connectivity index (χ0) is 14.4. The number of rotatable bonds is 4. The highest BCUT2D eigenvalue weighted by molar-refractivity contribution is 5.78. The first-order valence-corrected chi connectivity index (χ1v) is 7.43. The molecular formula is C16H23FN2O. The van der Waals surface area contributed by atoms with E-state index in [0.717, 1.165) is 51.1 Å². The van der Waals surface area contributed by atoms with Crippen LogP contribution in [0, 0.1) is 5.82 Å². The van der Waals surface area contributed by atoms with Crippen molar-refractivity contribution in [1.29, 1.82) is 0 Å². The lowest BCUT2D eigenvalue weighted by Crippen LogP contribution is -2.36. The molecule has 0 aliphatic carbocycles. The second-order valence-electron chi connectivity index (χ2n) is 5.38. The van der Waals surface area contributed by atoms with Crippen LogP contribution in [0.15, 0.2) is 24.3 Å². The molecule has 1 aliphatic heterocycles. The summed E-state index contributed by atoms with van der Waals surface area (Å²) in [6, 6.07) is 6.20. The fourth-order valence-corrected chi connectivity index (χ4v) is 2.65. The fraction of sp³-hybridized carbons (Fsp3) is 0.562. The quantitative estimate of drug-likeness (QED) is 0.844. The molecule has 1 saturated heterocycles. The summed E-state index contributed by atoms with van der Waals surface area (Å²) in [5.74, 6) is -0.110. The maximum atomic E-state index is 12.8. The molecule has 0 unspecified atom stereocenters. The van der Waals surface area contributed by atoms with Gasteiger partial charge in [-0.25, -0.2) is 4.39 Å². The lowest BCUT2D eigenvalue weighted by Gasteiger charge is -2.21. The van der Waals surface area contributed by atoms with Gasteiger partial charge in [-0.15, -0.1) is 0 Å². The first-order chi connectivity index (χ1) is 9.69. The van der Waals surface area contributed by atoms with E-state index in [1.807, 2.05) is 4.90 Å². The van der Waals surface area contributed by atoms with E-state index in [1.54, 1.807) is 12.1 Å². The van der Waals surface area contributed by atoms with Crippen molar-refractivity contribution in [1.82, 2.24) is 9.80 Å². The van der Waals surface area contributed by atoms with Gasteiger partial charge in [-0.3, -0.25) is 4.79 Å². The van der Waals surface area contributed by atoms with Crippen LogP contribution in [-0.2, 0) is 11.2 Å². The molecule has 1 fully saturated rings. The molecule has 0 atom stereocenters. The Morgan fingerprint density at radius 1 is 1.15 bits per heavy atom. The van der Waals surface area contributed by atoms with E-state index in [2.05, 4.69) is 11.8 Å². The maximum Gasteiger partial charge on any atom is 0.227 e. The van der Waals surface area contributed by atoms with Crippen LogP contribution in [0.4, 0.5) is 4.39 Å². The Morgan fingerprint density at radius 2 is 1.90 bits per heavy atom. The summed E-state index contributed by atoms with van der Waals surface area (Å²) in [5.41, 5.74) is 0.881. The number of carbonyl (C=O) groups excluding carboxylic acids is 1. The van der Waals surface area contributed by atoms with Crippen LogP contribution in [0.2, 0.25) is 0 Å². The van der Waals surface area contributed by atoms with Crippen molar-refractivity contribution in [2.45, 2.75) is 26.2 Å². The molecule has 1 aliphatic rings. The van der Waals surface area contributed by atoms with Crippen molar-refractivity contribution in [3.05, 3.63) is 35.6 Å². The van der Waals surface area contributed by atoms with Gasteiger partial charge < -0.3 is 9.80 Å². The average Bonchev–Trinajstić information content (AvgIpc) is 2.67. The Bertz CT molecular complexity index is 433. The van der Waals surface area contributed by atoms with Gasteiger partial charge in [-0.2, -0.15) is 0 Å². The maximum absolute atomic E-state index is 12.8. The summed E-state index contributed by atoms with van der Waals surface area (Å²) in [5, 5.41) is 0. The highest BCUT2D eigenvalue weighted by atomic mass is 19.1. The largest absolute Gasteiger partial charge is 0.341 e. The first-order valence-electron chi connectivity index (χ1n) is 7.43. The number of nitrogens with zero attached hydrogens (tertiary/aromatic N) is 2. The van der Waals surface area contributed by atoms with Crippen molar-refractivity contribution in [3.63, 3.8) is 0 Å². The molecule has 0 spiro atoms. The Hall–Kier alpha value is -1.42. The molecule has 110 valence electrons. The molecule has 0 aromatic heterocycles. The van der Waals surface area contributed by atoms with Gasteiger partial charge >= 0.3 is 0 Å². The Balaban J connectivity index is 1.87. The summed E-state index contributed by atoms with van der Waals surface area (Å²) in [6.45, 7) is 6.97. The number of hydrogen-bond acceptors (Lipinski definition) is 2. The second-order valence-corrected chi connectivity index (χ2v) is 5.38. The van der Waals surface area contributed by atoms with Crippen molar-refractivity contribution in [3.8, 4) is 0 Å². The molecule has 4 heteroatoms. The SMILES string of the molecule is CCCN1CCCN(C(=O)Cc2ccc(F)cc2)CC1. The number of hydrogen-bond donors (Lipinski definition) is 0. The average molecular weight is 278 g/mol. The van der Waals surface area contributed by atoms with Gasteiger partial charge in [-0.1, -0.05) is 19.1 Å². The number of carbonyl (C=O) groups is 1. The Labute approximate surface area is 120 Å². The van der Waals surface area contributed by atoms with Crippen LogP contribution in [0.1, 0.15) is 25.3 Å². The predicted molar refractivity (Wildman–Crippen MR) is 78.0 cm³/mol. The third kappa shape index (κ3) is 4.30. The highest BCUT2D eigenvalue weighted by Crippen LogP contribution is 2.09. The molecule has 20 heavy (non-hydrogen) atoms. The van der Waals surface area contributed by atoms with E-state index >= 15 is 0 Å². The van der Waals surface area contributed by atoms with E-state index in [-0.39, 0.29) is 11.7 Å². The van der Waals surface area contributed by atoms with Crippen LogP contribution in [0.5, 0.6) is 0 Å². The van der Waals surface area contributed by atoms with E-state index in [9.17, 15) is 9.18 Å². The topological polar surface area (TPSA) is 23.6 Å². The summed E-state index contributed by atoms with van der Waals surface area (Å²) in [6.07, 6.45) is 2.56. The summed E-state index contributed by atoms with van der Waals surface area (Å²) < 4.78 is 12.8. The third-order valence-electron chi connectivity index (χ3n) is 3.75. The molecule has 0 saturated carbocycles. The molecule has 1 aromatic carbocycles. The van der Waals surface area contributed by atoms with Crippen LogP contribution < -0.4 is 0 Å². The van der Waals surface area contributed by atoms with Crippen molar-refractivity contribution in [2.24, 2.45) is 0 Å². The van der Waals surface area contributed by atoms with Crippen molar-refractivity contribution >= 4 is 5.91 Å². The lowest BCUT2D eigenvalue weighted by atomic mass is 10.1. The minimum atomic E-state index is -0.258. The summed E-state index contributed by atoms with van der Waals surface area (Å²) in [7, 11) is 0. The van der Waals surface area contributed by atoms with Gasteiger partial charge in [0, 0.05) is 19.6 Å². The molecule has 2 rings (SSSR count). The van der Waals surface area contributed by atoms with Crippen LogP contribution in [0.3, 0.4) is 0 Å². The van der Waals surface area contributed by atoms with Crippen LogP contribution >= 0.6 is 0 Å². The third-order valence-corrected chi connectivity index (χ3v) is 3.75. The molecule has 1 amide bonds. The van der Waals surface area contributed by atoms with Gasteiger partial charge in [0.15, 0.2) is 0 Å². The zero-order valence-corrected chi connectivity index (χ0v) is 12.1. The summed E-state index contributed by atoms with van der Waals surface area (Å²) >= 11 is 0. The second kappa shape index (κ2) is 7.39. The van der Waals surface area contributed by atoms with Crippen LogP contribution in [0.25, 0.3) is 0 Å². The molecule has 0 radical (unpaired) electrons. The fourth-order valence-electron chi connectivity index (χ4n) is 2.65. The number of benzene rings is 1. The van der Waals surface area contributed by atoms with E-state index in [0.29, 0.717) is 6.42 Å². The molecule has 0 bridgehead atoms. The van der Waals surface area contributed by atoms with Gasteiger partial charge in [0.2, 0.25) is 5.91 Å². The Morgan fingerprint density at radius 3 is 2.60 bits per heavy atom. The first kappa shape index (κ1) is 15.0. The predicted octanol–water partition coefficient (Wildman–Crippen LogP) is 2.31. The van der Waals surface area contributed by atoms with Crippen molar-refractivity contribution < 1.29 is 9.18 Å². The number of halogens is 1. The van der Waals surface area contributed by atoms with Crippen LogP contribution in [-0.4, -0.2) is 48.4 Å². The highest BCUT2D eigenvalue weighted by Gasteiger charge is 2.18. The monoisotopic (exact) mass is 278 g/mol. The smallest absolute Gasteiger partial charge is 0.227 e. The molecule has 3 nitrogen and oxygen atoms in total. The molecule has 1 aromatic rings. The van der Waals surface area contributed by atoms with Gasteiger partial charge in [0.25, 0.3) is 0 Å². The molecule has 0 N–H and O–H groups in total.